The highest BCUT2D eigenvalue weighted by Crippen LogP contribution is 2.32. The van der Waals surface area contributed by atoms with Crippen LogP contribution in [0, 0.1) is 5.92 Å². The van der Waals surface area contributed by atoms with E-state index < -0.39 is 0 Å². The zero-order valence-corrected chi connectivity index (χ0v) is 19.4. The number of likely N-dealkylation sites (tertiary alicyclic amines) is 1. The Morgan fingerprint density at radius 2 is 2.17 bits per heavy atom. The minimum Gasteiger partial charge on any atom is -0.454 e. The van der Waals surface area contributed by atoms with Gasteiger partial charge < -0.3 is 24.3 Å². The fraction of sp³-hybridized carbons (Fsp3) is 0.524. The highest BCUT2D eigenvalue weighted by atomic mass is 127. The van der Waals surface area contributed by atoms with E-state index in [9.17, 15) is 0 Å². The van der Waals surface area contributed by atoms with Gasteiger partial charge in [-0.2, -0.15) is 0 Å². The van der Waals surface area contributed by atoms with E-state index in [2.05, 4.69) is 51.9 Å². The van der Waals surface area contributed by atoms with Crippen LogP contribution < -0.4 is 14.8 Å². The van der Waals surface area contributed by atoms with Gasteiger partial charge in [-0.1, -0.05) is 13.0 Å². The molecule has 8 heteroatoms. The molecule has 7 nitrogen and oxygen atoms in total. The SMILES string of the molecule is CCNC(=NCCc1ccc2c(c1)OCO2)N1CCC(C)C(n2ccnc2)C1.I. The van der Waals surface area contributed by atoms with Crippen molar-refractivity contribution in [2.75, 3.05) is 33.0 Å². The summed E-state index contributed by atoms with van der Waals surface area (Å²) in [6.07, 6.45) is 7.87. The van der Waals surface area contributed by atoms with Gasteiger partial charge in [-0.05, 0) is 43.4 Å². The molecule has 0 saturated carbocycles. The highest BCUT2D eigenvalue weighted by molar-refractivity contribution is 14.0. The number of nitrogens with one attached hydrogen (secondary N) is 1. The number of imidazole rings is 1. The maximum absolute atomic E-state index is 5.47. The fourth-order valence-corrected chi connectivity index (χ4v) is 3.91. The second kappa shape index (κ2) is 10.2. The molecular formula is C21H30IN5O2. The van der Waals surface area contributed by atoms with Gasteiger partial charge in [0.05, 0.1) is 12.4 Å². The lowest BCUT2D eigenvalue weighted by Gasteiger charge is -2.39. The molecule has 1 fully saturated rings. The average molecular weight is 511 g/mol. The van der Waals surface area contributed by atoms with Crippen molar-refractivity contribution < 1.29 is 9.47 Å². The standard InChI is InChI=1S/C21H29N5O2.HI/c1-3-23-21(24-8-6-17-4-5-19-20(12-17)28-15-27-19)25-10-7-16(2)18(13-25)26-11-9-22-14-26;/h4-5,9,11-12,14,16,18H,3,6-8,10,13,15H2,1-2H3,(H,23,24);1H. The van der Waals surface area contributed by atoms with Gasteiger partial charge in [0.15, 0.2) is 17.5 Å². The van der Waals surface area contributed by atoms with Crippen molar-refractivity contribution in [2.24, 2.45) is 10.9 Å². The van der Waals surface area contributed by atoms with Crippen molar-refractivity contribution in [2.45, 2.75) is 32.7 Å². The van der Waals surface area contributed by atoms with Gasteiger partial charge in [-0.3, -0.25) is 4.99 Å². The summed E-state index contributed by atoms with van der Waals surface area (Å²) in [7, 11) is 0. The zero-order chi connectivity index (χ0) is 19.3. The second-order valence-corrected chi connectivity index (χ2v) is 7.46. The van der Waals surface area contributed by atoms with Crippen LogP contribution in [0.5, 0.6) is 11.5 Å². The van der Waals surface area contributed by atoms with Gasteiger partial charge in [0.2, 0.25) is 6.79 Å². The van der Waals surface area contributed by atoms with Crippen molar-refractivity contribution in [1.82, 2.24) is 19.8 Å². The Labute approximate surface area is 189 Å². The maximum atomic E-state index is 5.47. The molecule has 0 amide bonds. The van der Waals surface area contributed by atoms with Crippen LogP contribution in [0.2, 0.25) is 0 Å². The maximum Gasteiger partial charge on any atom is 0.231 e. The lowest BCUT2D eigenvalue weighted by atomic mass is 9.93. The molecule has 1 aromatic heterocycles. The van der Waals surface area contributed by atoms with E-state index in [1.54, 1.807) is 0 Å². The number of hydrogen-bond donors (Lipinski definition) is 1. The Hall–Kier alpha value is -1.97. The number of aliphatic imine (C=N–C) groups is 1. The number of benzene rings is 1. The summed E-state index contributed by atoms with van der Waals surface area (Å²) in [5.41, 5.74) is 1.22. The molecule has 2 aliphatic rings. The lowest BCUT2D eigenvalue weighted by molar-refractivity contribution is 0.174. The second-order valence-electron chi connectivity index (χ2n) is 7.46. The number of halogens is 1. The Morgan fingerprint density at radius 1 is 1.31 bits per heavy atom. The Morgan fingerprint density at radius 3 is 2.97 bits per heavy atom. The summed E-state index contributed by atoms with van der Waals surface area (Å²) >= 11 is 0. The molecule has 3 heterocycles. The van der Waals surface area contributed by atoms with E-state index in [4.69, 9.17) is 14.5 Å². The number of aromatic nitrogens is 2. The molecule has 0 bridgehead atoms. The quantitative estimate of drug-likeness (QED) is 0.379. The number of piperidine rings is 1. The van der Waals surface area contributed by atoms with E-state index in [0.29, 0.717) is 18.8 Å². The topological polar surface area (TPSA) is 63.9 Å². The summed E-state index contributed by atoms with van der Waals surface area (Å²) in [6.45, 7) is 8.34. The van der Waals surface area contributed by atoms with E-state index >= 15 is 0 Å². The molecule has 2 unspecified atom stereocenters. The molecule has 0 spiro atoms. The summed E-state index contributed by atoms with van der Waals surface area (Å²) in [5.74, 6) is 3.29. The first kappa shape index (κ1) is 21.7. The average Bonchev–Trinajstić information content (AvgIpc) is 3.39. The van der Waals surface area contributed by atoms with E-state index in [0.717, 1.165) is 56.5 Å². The first-order valence-electron chi connectivity index (χ1n) is 10.1. The van der Waals surface area contributed by atoms with Gasteiger partial charge >= 0.3 is 0 Å². The molecule has 1 aromatic carbocycles. The molecule has 1 saturated heterocycles. The van der Waals surface area contributed by atoms with E-state index in [-0.39, 0.29) is 24.0 Å². The minimum atomic E-state index is 0. The minimum absolute atomic E-state index is 0. The number of nitrogens with zero attached hydrogens (tertiary/aromatic N) is 4. The van der Waals surface area contributed by atoms with Crippen molar-refractivity contribution in [1.29, 1.82) is 0 Å². The summed E-state index contributed by atoms with van der Waals surface area (Å²) < 4.78 is 13.1. The summed E-state index contributed by atoms with van der Waals surface area (Å²) in [5, 5.41) is 3.47. The van der Waals surface area contributed by atoms with Gasteiger partial charge in [-0.15, -0.1) is 24.0 Å². The molecule has 2 aliphatic heterocycles. The van der Waals surface area contributed by atoms with Crippen molar-refractivity contribution >= 4 is 29.9 Å². The lowest BCUT2D eigenvalue weighted by Crippen LogP contribution is -2.49. The number of ether oxygens (including phenoxy) is 2. The van der Waals surface area contributed by atoms with E-state index in [1.807, 2.05) is 18.6 Å². The fourth-order valence-electron chi connectivity index (χ4n) is 3.91. The van der Waals surface area contributed by atoms with Crippen molar-refractivity contribution in [3.05, 3.63) is 42.5 Å². The van der Waals surface area contributed by atoms with Gasteiger partial charge in [0, 0.05) is 38.6 Å². The first-order chi connectivity index (χ1) is 13.7. The number of fused-ring (bicyclic) bond motifs is 1. The molecule has 4 rings (SSSR count). The highest BCUT2D eigenvalue weighted by Gasteiger charge is 2.28. The molecule has 29 heavy (non-hydrogen) atoms. The Balaban J connectivity index is 0.00000240. The molecule has 2 atom stereocenters. The third-order valence-corrected chi connectivity index (χ3v) is 5.56. The monoisotopic (exact) mass is 511 g/mol. The molecule has 0 aliphatic carbocycles. The molecule has 0 radical (unpaired) electrons. The van der Waals surface area contributed by atoms with Crippen LogP contribution in [-0.4, -0.2) is 53.4 Å². The molecule has 2 aromatic rings. The smallest absolute Gasteiger partial charge is 0.231 e. The van der Waals surface area contributed by atoms with Crippen LogP contribution in [0.3, 0.4) is 0 Å². The van der Waals surface area contributed by atoms with Crippen LogP contribution in [0.15, 0.2) is 41.9 Å². The molecular weight excluding hydrogens is 481 g/mol. The molecule has 158 valence electrons. The van der Waals surface area contributed by atoms with Crippen LogP contribution in [0.25, 0.3) is 0 Å². The zero-order valence-electron chi connectivity index (χ0n) is 17.1. The Kier molecular flexibility index (Phi) is 7.63. The predicted molar refractivity (Wildman–Crippen MR) is 124 cm³/mol. The normalized spacial score (nSPS) is 21.0. The van der Waals surface area contributed by atoms with Crippen molar-refractivity contribution in [3.63, 3.8) is 0 Å². The summed E-state index contributed by atoms with van der Waals surface area (Å²) in [6, 6.07) is 6.55. The Bertz CT molecular complexity index is 811. The van der Waals surface area contributed by atoms with Crippen LogP contribution in [-0.2, 0) is 6.42 Å². The van der Waals surface area contributed by atoms with Crippen molar-refractivity contribution in [3.8, 4) is 11.5 Å². The molecule has 1 N–H and O–H groups in total. The van der Waals surface area contributed by atoms with E-state index in [1.165, 1.54) is 5.56 Å². The van der Waals surface area contributed by atoms with Gasteiger partial charge in [0.25, 0.3) is 0 Å². The predicted octanol–water partition coefficient (Wildman–Crippen LogP) is 3.32. The number of rotatable bonds is 5. The van der Waals surface area contributed by atoms with Gasteiger partial charge in [0.1, 0.15) is 0 Å². The van der Waals surface area contributed by atoms with Gasteiger partial charge in [-0.25, -0.2) is 4.98 Å². The first-order valence-corrected chi connectivity index (χ1v) is 10.1. The largest absolute Gasteiger partial charge is 0.454 e. The third kappa shape index (κ3) is 5.15. The van der Waals surface area contributed by atoms with Crippen LogP contribution >= 0.6 is 24.0 Å². The summed E-state index contributed by atoms with van der Waals surface area (Å²) in [4.78, 5) is 11.5. The van der Waals surface area contributed by atoms with Crippen LogP contribution in [0.4, 0.5) is 0 Å². The third-order valence-electron chi connectivity index (χ3n) is 5.56. The number of hydrogen-bond acceptors (Lipinski definition) is 4. The van der Waals surface area contributed by atoms with Crippen LogP contribution in [0.1, 0.15) is 31.9 Å². The number of guanidine groups is 1.